The number of nitrogens with one attached hydrogen (secondary N) is 1. The van der Waals surface area contributed by atoms with Gasteiger partial charge in [-0.25, -0.2) is 0 Å². The van der Waals surface area contributed by atoms with Crippen LogP contribution >= 0.6 is 11.6 Å². The number of carbonyl (C=O) groups is 2. The molecule has 0 unspecified atom stereocenters. The minimum absolute atomic E-state index is 0.0703. The first-order valence-electron chi connectivity index (χ1n) is 7.51. The third-order valence-electron chi connectivity index (χ3n) is 4.40. The number of nitrogens with zero attached hydrogens (tertiary/aromatic N) is 1. The Balaban J connectivity index is 1.91. The fourth-order valence-electron chi connectivity index (χ4n) is 3.32. The first kappa shape index (κ1) is 14.4. The van der Waals surface area contributed by atoms with Crippen molar-refractivity contribution in [1.82, 2.24) is 10.2 Å². The lowest BCUT2D eigenvalue weighted by Gasteiger charge is -2.37. The van der Waals surface area contributed by atoms with E-state index in [4.69, 9.17) is 11.6 Å². The average Bonchev–Trinajstić information content (AvgIpc) is 3.01. The van der Waals surface area contributed by atoms with Crippen molar-refractivity contribution in [2.75, 3.05) is 13.1 Å². The van der Waals surface area contributed by atoms with Crippen LogP contribution in [-0.2, 0) is 9.59 Å². The van der Waals surface area contributed by atoms with Crippen molar-refractivity contribution >= 4 is 23.4 Å². The Labute approximate surface area is 129 Å². The number of hydrogen-bond donors (Lipinski definition) is 1. The number of halogens is 1. The van der Waals surface area contributed by atoms with Crippen molar-refractivity contribution in [1.29, 1.82) is 0 Å². The second-order valence-corrected chi connectivity index (χ2v) is 6.14. The highest BCUT2D eigenvalue weighted by molar-refractivity contribution is 6.31. The smallest absolute Gasteiger partial charge is 0.247 e. The van der Waals surface area contributed by atoms with E-state index in [0.29, 0.717) is 23.7 Å². The Morgan fingerprint density at radius 3 is 2.67 bits per heavy atom. The maximum Gasteiger partial charge on any atom is 0.247 e. The van der Waals surface area contributed by atoms with Crippen LogP contribution in [0.4, 0.5) is 0 Å². The van der Waals surface area contributed by atoms with Gasteiger partial charge in [0.05, 0.1) is 0 Å². The molecule has 1 aromatic carbocycles. The maximum absolute atomic E-state index is 12.7. The molecule has 0 bridgehead atoms. The molecular formula is C16H19ClN2O2. The van der Waals surface area contributed by atoms with Gasteiger partial charge in [0.2, 0.25) is 11.8 Å². The fourth-order valence-corrected chi connectivity index (χ4v) is 3.56. The number of amides is 2. The van der Waals surface area contributed by atoms with Gasteiger partial charge in [-0.2, -0.15) is 0 Å². The normalized spacial score (nSPS) is 23.2. The molecule has 1 saturated carbocycles. The highest BCUT2D eigenvalue weighted by Crippen LogP contribution is 2.33. The lowest BCUT2D eigenvalue weighted by Crippen LogP contribution is -2.53. The van der Waals surface area contributed by atoms with Crippen molar-refractivity contribution < 1.29 is 9.59 Å². The van der Waals surface area contributed by atoms with Crippen molar-refractivity contribution in [3.63, 3.8) is 0 Å². The molecule has 1 atom stereocenters. The largest absolute Gasteiger partial charge is 0.352 e. The van der Waals surface area contributed by atoms with Crippen molar-refractivity contribution in [2.45, 2.75) is 31.7 Å². The van der Waals surface area contributed by atoms with Gasteiger partial charge in [-0.15, -0.1) is 0 Å². The standard InChI is InChI=1S/C16H19ClN2O2/c17-13-8-4-3-7-12(13)14-15(20)18-9-10-19(14)16(21)11-5-1-2-6-11/h3-4,7-8,11,14H,1-2,5-6,9-10H2,(H,18,20)/t14-/m1/s1. The molecule has 1 heterocycles. The van der Waals surface area contributed by atoms with E-state index in [9.17, 15) is 9.59 Å². The van der Waals surface area contributed by atoms with Gasteiger partial charge in [-0.3, -0.25) is 9.59 Å². The molecule has 1 N–H and O–H groups in total. The Bertz CT molecular complexity index is 555. The van der Waals surface area contributed by atoms with E-state index in [-0.39, 0.29) is 17.7 Å². The zero-order chi connectivity index (χ0) is 14.8. The molecule has 1 aliphatic heterocycles. The topological polar surface area (TPSA) is 49.4 Å². The molecule has 21 heavy (non-hydrogen) atoms. The number of rotatable bonds is 2. The molecule has 1 saturated heterocycles. The summed E-state index contributed by atoms with van der Waals surface area (Å²) in [5, 5.41) is 3.37. The predicted octanol–water partition coefficient (Wildman–Crippen LogP) is 2.53. The summed E-state index contributed by atoms with van der Waals surface area (Å²) in [6, 6.07) is 6.67. The number of benzene rings is 1. The monoisotopic (exact) mass is 306 g/mol. The van der Waals surface area contributed by atoms with Crippen LogP contribution in [0.2, 0.25) is 5.02 Å². The first-order chi connectivity index (χ1) is 10.2. The zero-order valence-electron chi connectivity index (χ0n) is 11.8. The Hall–Kier alpha value is -1.55. The fraction of sp³-hybridized carbons (Fsp3) is 0.500. The summed E-state index contributed by atoms with van der Waals surface area (Å²) in [7, 11) is 0. The van der Waals surface area contributed by atoms with Gasteiger partial charge in [-0.1, -0.05) is 42.6 Å². The van der Waals surface area contributed by atoms with Gasteiger partial charge < -0.3 is 10.2 Å². The van der Waals surface area contributed by atoms with Gasteiger partial charge in [0.15, 0.2) is 0 Å². The minimum atomic E-state index is -0.597. The van der Waals surface area contributed by atoms with Crippen LogP contribution in [-0.4, -0.2) is 29.8 Å². The highest BCUT2D eigenvalue weighted by Gasteiger charge is 2.38. The molecule has 0 radical (unpaired) electrons. The van der Waals surface area contributed by atoms with Crippen LogP contribution < -0.4 is 5.32 Å². The number of piperazine rings is 1. The van der Waals surface area contributed by atoms with Gasteiger partial charge in [0.25, 0.3) is 0 Å². The average molecular weight is 307 g/mol. The summed E-state index contributed by atoms with van der Waals surface area (Å²) in [5.74, 6) is 0.0360. The molecule has 0 aromatic heterocycles. The van der Waals surface area contributed by atoms with Crippen LogP contribution in [0.3, 0.4) is 0 Å². The van der Waals surface area contributed by atoms with E-state index in [2.05, 4.69) is 5.32 Å². The van der Waals surface area contributed by atoms with Gasteiger partial charge in [0, 0.05) is 29.6 Å². The second-order valence-electron chi connectivity index (χ2n) is 5.73. The van der Waals surface area contributed by atoms with E-state index in [1.165, 1.54) is 0 Å². The lowest BCUT2D eigenvalue weighted by atomic mass is 9.98. The van der Waals surface area contributed by atoms with Crippen molar-refractivity contribution in [3.8, 4) is 0 Å². The summed E-state index contributed by atoms with van der Waals surface area (Å²) in [5.41, 5.74) is 0.711. The van der Waals surface area contributed by atoms with E-state index in [1.54, 1.807) is 11.0 Å². The summed E-state index contributed by atoms with van der Waals surface area (Å²) >= 11 is 6.23. The molecule has 1 aliphatic carbocycles. The Kier molecular flexibility index (Phi) is 4.15. The quantitative estimate of drug-likeness (QED) is 0.913. The zero-order valence-corrected chi connectivity index (χ0v) is 12.6. The molecule has 1 aromatic rings. The summed E-state index contributed by atoms with van der Waals surface area (Å²) in [6.07, 6.45) is 4.08. The van der Waals surface area contributed by atoms with Crippen LogP contribution in [0.15, 0.2) is 24.3 Å². The second kappa shape index (κ2) is 6.06. The lowest BCUT2D eigenvalue weighted by molar-refractivity contribution is -0.146. The molecule has 2 aliphatic rings. The van der Waals surface area contributed by atoms with Gasteiger partial charge in [0.1, 0.15) is 6.04 Å². The van der Waals surface area contributed by atoms with Gasteiger partial charge >= 0.3 is 0 Å². The molecule has 0 spiro atoms. The molecule has 2 amide bonds. The Morgan fingerprint density at radius 2 is 1.95 bits per heavy atom. The van der Waals surface area contributed by atoms with Crippen LogP contribution in [0.1, 0.15) is 37.3 Å². The number of hydrogen-bond acceptors (Lipinski definition) is 2. The summed E-state index contributed by atoms with van der Waals surface area (Å²) < 4.78 is 0. The number of carbonyl (C=O) groups excluding carboxylic acids is 2. The minimum Gasteiger partial charge on any atom is -0.352 e. The summed E-state index contributed by atoms with van der Waals surface area (Å²) in [4.78, 5) is 26.8. The van der Waals surface area contributed by atoms with Crippen molar-refractivity contribution in [3.05, 3.63) is 34.9 Å². The van der Waals surface area contributed by atoms with E-state index >= 15 is 0 Å². The van der Waals surface area contributed by atoms with Gasteiger partial charge in [-0.05, 0) is 18.9 Å². The molecular weight excluding hydrogens is 288 g/mol. The van der Waals surface area contributed by atoms with Crippen LogP contribution in [0, 0.1) is 5.92 Å². The van der Waals surface area contributed by atoms with E-state index < -0.39 is 6.04 Å². The van der Waals surface area contributed by atoms with Crippen LogP contribution in [0.5, 0.6) is 0 Å². The third-order valence-corrected chi connectivity index (χ3v) is 4.74. The molecule has 4 nitrogen and oxygen atoms in total. The molecule has 112 valence electrons. The third kappa shape index (κ3) is 2.77. The molecule has 2 fully saturated rings. The Morgan fingerprint density at radius 1 is 1.24 bits per heavy atom. The summed E-state index contributed by atoms with van der Waals surface area (Å²) in [6.45, 7) is 1.06. The van der Waals surface area contributed by atoms with E-state index in [1.807, 2.05) is 18.2 Å². The molecule has 3 rings (SSSR count). The SMILES string of the molecule is O=C1NCCN(C(=O)C2CCCC2)[C@@H]1c1ccccc1Cl. The van der Waals surface area contributed by atoms with Crippen molar-refractivity contribution in [2.24, 2.45) is 5.92 Å². The molecule has 5 heteroatoms. The maximum atomic E-state index is 12.7. The van der Waals surface area contributed by atoms with E-state index in [0.717, 1.165) is 25.7 Å². The predicted molar refractivity (Wildman–Crippen MR) is 80.9 cm³/mol. The highest BCUT2D eigenvalue weighted by atomic mass is 35.5. The first-order valence-corrected chi connectivity index (χ1v) is 7.89. The van der Waals surface area contributed by atoms with Crippen LogP contribution in [0.25, 0.3) is 0 Å².